The molecule has 0 saturated carbocycles. The molecule has 0 amide bonds. The molecule has 0 spiro atoms. The topological polar surface area (TPSA) is 17.8 Å². The normalized spacial score (nSPS) is 12.1. The Morgan fingerprint density at radius 1 is 0.933 bits per heavy atom. The summed E-state index contributed by atoms with van der Waals surface area (Å²) in [5.41, 5.74) is 2.59. The summed E-state index contributed by atoms with van der Waals surface area (Å²) in [7, 11) is 0. The highest BCUT2D eigenvalue weighted by Gasteiger charge is 2.19. The zero-order valence-corrected chi connectivity index (χ0v) is 11.1. The van der Waals surface area contributed by atoms with Gasteiger partial charge in [0, 0.05) is 17.7 Å². The first-order chi connectivity index (χ1) is 6.86. The van der Waals surface area contributed by atoms with Gasteiger partial charge in [0.2, 0.25) is 0 Å². The number of aromatic nitrogens is 2. The summed E-state index contributed by atoms with van der Waals surface area (Å²) in [6, 6.07) is 0.502. The Kier molecular flexibility index (Phi) is 3.58. The number of hydrogen-bond donors (Lipinski definition) is 0. The second-order valence-corrected chi connectivity index (χ2v) is 5.21. The fourth-order valence-electron chi connectivity index (χ4n) is 2.16. The van der Waals surface area contributed by atoms with Crippen molar-refractivity contribution in [2.24, 2.45) is 0 Å². The van der Waals surface area contributed by atoms with E-state index in [-0.39, 0.29) is 0 Å². The lowest BCUT2D eigenvalue weighted by atomic mass is 10.1. The van der Waals surface area contributed by atoms with Crippen LogP contribution in [-0.2, 0) is 0 Å². The Bertz CT molecular complexity index is 333. The standard InChI is InChI=1S/C13H24N2/c1-8(2)12-11(7)15(10(5)6)13(14-12)9(3)4/h8-10H,1-7H3. The van der Waals surface area contributed by atoms with E-state index in [0.29, 0.717) is 17.9 Å². The number of imidazole rings is 1. The van der Waals surface area contributed by atoms with E-state index in [0.717, 1.165) is 0 Å². The average Bonchev–Trinajstić information content (AvgIpc) is 2.42. The van der Waals surface area contributed by atoms with E-state index in [4.69, 9.17) is 4.98 Å². The maximum atomic E-state index is 4.79. The van der Waals surface area contributed by atoms with E-state index in [1.165, 1.54) is 17.2 Å². The summed E-state index contributed by atoms with van der Waals surface area (Å²) in [5.74, 6) is 2.24. The van der Waals surface area contributed by atoms with Crippen LogP contribution in [0, 0.1) is 6.92 Å². The lowest BCUT2D eigenvalue weighted by Gasteiger charge is -2.16. The summed E-state index contributed by atoms with van der Waals surface area (Å²) >= 11 is 0. The van der Waals surface area contributed by atoms with E-state index < -0.39 is 0 Å². The van der Waals surface area contributed by atoms with Crippen molar-refractivity contribution in [1.29, 1.82) is 0 Å². The molecule has 0 unspecified atom stereocenters. The second kappa shape index (κ2) is 4.38. The van der Waals surface area contributed by atoms with Crippen molar-refractivity contribution >= 4 is 0 Å². The van der Waals surface area contributed by atoms with Crippen molar-refractivity contribution < 1.29 is 0 Å². The molecule has 0 bridgehead atoms. The van der Waals surface area contributed by atoms with E-state index >= 15 is 0 Å². The molecule has 0 atom stereocenters. The van der Waals surface area contributed by atoms with Crippen LogP contribution in [0.3, 0.4) is 0 Å². The van der Waals surface area contributed by atoms with Gasteiger partial charge in [-0.05, 0) is 26.7 Å². The van der Waals surface area contributed by atoms with Crippen LogP contribution in [-0.4, -0.2) is 9.55 Å². The van der Waals surface area contributed by atoms with E-state index in [1.54, 1.807) is 0 Å². The molecule has 0 N–H and O–H groups in total. The van der Waals surface area contributed by atoms with Crippen LogP contribution in [0.5, 0.6) is 0 Å². The van der Waals surface area contributed by atoms with Crippen LogP contribution in [0.2, 0.25) is 0 Å². The summed E-state index contributed by atoms with van der Waals surface area (Å²) in [6.07, 6.45) is 0. The van der Waals surface area contributed by atoms with Gasteiger partial charge in [0.1, 0.15) is 5.82 Å². The SMILES string of the molecule is Cc1c(C(C)C)nc(C(C)C)n1C(C)C. The van der Waals surface area contributed by atoms with Crippen molar-refractivity contribution in [2.75, 3.05) is 0 Å². The lowest BCUT2D eigenvalue weighted by molar-refractivity contribution is 0.538. The minimum Gasteiger partial charge on any atom is -0.329 e. The molecule has 0 fully saturated rings. The molecule has 1 aromatic heterocycles. The summed E-state index contributed by atoms with van der Waals surface area (Å²) in [5, 5.41) is 0. The third-order valence-electron chi connectivity index (χ3n) is 2.79. The Balaban J connectivity index is 3.33. The number of rotatable bonds is 3. The van der Waals surface area contributed by atoms with E-state index in [2.05, 4.69) is 53.0 Å². The first-order valence-corrected chi connectivity index (χ1v) is 5.94. The Labute approximate surface area is 93.7 Å². The van der Waals surface area contributed by atoms with Crippen LogP contribution in [0.15, 0.2) is 0 Å². The number of nitrogens with zero attached hydrogens (tertiary/aromatic N) is 2. The molecule has 15 heavy (non-hydrogen) atoms. The second-order valence-electron chi connectivity index (χ2n) is 5.21. The van der Waals surface area contributed by atoms with E-state index in [9.17, 15) is 0 Å². The molecule has 1 heterocycles. The van der Waals surface area contributed by atoms with Crippen molar-refractivity contribution in [2.45, 2.75) is 66.3 Å². The van der Waals surface area contributed by atoms with Gasteiger partial charge in [-0.15, -0.1) is 0 Å². The minimum absolute atomic E-state index is 0.499. The van der Waals surface area contributed by atoms with Crippen LogP contribution < -0.4 is 0 Å². The first-order valence-electron chi connectivity index (χ1n) is 5.94. The molecular weight excluding hydrogens is 184 g/mol. The van der Waals surface area contributed by atoms with Crippen LogP contribution in [0.1, 0.15) is 76.6 Å². The molecular formula is C13H24N2. The smallest absolute Gasteiger partial charge is 0.112 e. The number of hydrogen-bond acceptors (Lipinski definition) is 1. The molecule has 1 aromatic rings. The van der Waals surface area contributed by atoms with Gasteiger partial charge in [-0.25, -0.2) is 4.98 Å². The highest BCUT2D eigenvalue weighted by Crippen LogP contribution is 2.26. The molecule has 0 aromatic carbocycles. The van der Waals surface area contributed by atoms with Gasteiger partial charge in [0.15, 0.2) is 0 Å². The van der Waals surface area contributed by atoms with Gasteiger partial charge in [-0.1, -0.05) is 27.7 Å². The van der Waals surface area contributed by atoms with Crippen LogP contribution >= 0.6 is 0 Å². The highest BCUT2D eigenvalue weighted by molar-refractivity contribution is 5.21. The molecule has 0 aliphatic rings. The summed E-state index contributed by atoms with van der Waals surface area (Å²) in [4.78, 5) is 4.79. The summed E-state index contributed by atoms with van der Waals surface area (Å²) in [6.45, 7) is 15.5. The fraction of sp³-hybridized carbons (Fsp3) is 0.769. The Morgan fingerprint density at radius 3 is 1.73 bits per heavy atom. The molecule has 0 aliphatic carbocycles. The van der Waals surface area contributed by atoms with Gasteiger partial charge in [-0.3, -0.25) is 0 Å². The van der Waals surface area contributed by atoms with Crippen molar-refractivity contribution in [3.05, 3.63) is 17.2 Å². The molecule has 0 radical (unpaired) electrons. The molecule has 0 aliphatic heterocycles. The first kappa shape index (κ1) is 12.3. The predicted octanol–water partition coefficient (Wildman–Crippen LogP) is 4.02. The van der Waals surface area contributed by atoms with E-state index in [1.807, 2.05) is 0 Å². The molecule has 1 rings (SSSR count). The maximum absolute atomic E-state index is 4.79. The zero-order valence-electron chi connectivity index (χ0n) is 11.1. The van der Waals surface area contributed by atoms with Crippen LogP contribution in [0.25, 0.3) is 0 Å². The predicted molar refractivity (Wildman–Crippen MR) is 65.5 cm³/mol. The Hall–Kier alpha value is -0.790. The minimum atomic E-state index is 0.499. The van der Waals surface area contributed by atoms with Crippen molar-refractivity contribution in [3.63, 3.8) is 0 Å². The third kappa shape index (κ3) is 2.24. The molecule has 2 nitrogen and oxygen atoms in total. The zero-order chi connectivity index (χ0) is 11.7. The molecule has 0 saturated heterocycles. The largest absolute Gasteiger partial charge is 0.329 e. The molecule has 2 heteroatoms. The average molecular weight is 208 g/mol. The van der Waals surface area contributed by atoms with Gasteiger partial charge < -0.3 is 4.57 Å². The Morgan fingerprint density at radius 2 is 1.47 bits per heavy atom. The summed E-state index contributed by atoms with van der Waals surface area (Å²) < 4.78 is 2.38. The van der Waals surface area contributed by atoms with Crippen LogP contribution in [0.4, 0.5) is 0 Å². The van der Waals surface area contributed by atoms with Gasteiger partial charge in [0.05, 0.1) is 5.69 Å². The van der Waals surface area contributed by atoms with Gasteiger partial charge in [-0.2, -0.15) is 0 Å². The fourth-order valence-corrected chi connectivity index (χ4v) is 2.16. The monoisotopic (exact) mass is 208 g/mol. The molecule has 86 valence electrons. The maximum Gasteiger partial charge on any atom is 0.112 e. The third-order valence-corrected chi connectivity index (χ3v) is 2.79. The van der Waals surface area contributed by atoms with Gasteiger partial charge in [0.25, 0.3) is 0 Å². The van der Waals surface area contributed by atoms with Crippen molar-refractivity contribution in [1.82, 2.24) is 9.55 Å². The highest BCUT2D eigenvalue weighted by atomic mass is 15.1. The van der Waals surface area contributed by atoms with Crippen molar-refractivity contribution in [3.8, 4) is 0 Å². The quantitative estimate of drug-likeness (QED) is 0.733. The lowest BCUT2D eigenvalue weighted by Crippen LogP contribution is -2.09. The van der Waals surface area contributed by atoms with Gasteiger partial charge >= 0.3 is 0 Å².